The highest BCUT2D eigenvalue weighted by Crippen LogP contribution is 2.46. The third-order valence-electron chi connectivity index (χ3n) is 4.47. The summed E-state index contributed by atoms with van der Waals surface area (Å²) in [6.45, 7) is 2.86. The van der Waals surface area contributed by atoms with Crippen LogP contribution in [0.3, 0.4) is 0 Å². The molecular formula is C16H21ClN2O2. The maximum Gasteiger partial charge on any atom is 0.152 e. The lowest BCUT2D eigenvalue weighted by Crippen LogP contribution is -2.62. The van der Waals surface area contributed by atoms with Crippen LogP contribution < -0.4 is 10.1 Å². The summed E-state index contributed by atoms with van der Waals surface area (Å²) in [5.41, 5.74) is 1.91. The summed E-state index contributed by atoms with van der Waals surface area (Å²) in [6.07, 6.45) is 3.28. The molecule has 3 rings (SSSR count). The summed E-state index contributed by atoms with van der Waals surface area (Å²) >= 11 is 6.13. The first-order valence-electron chi connectivity index (χ1n) is 7.32. The predicted molar refractivity (Wildman–Crippen MR) is 83.2 cm³/mol. The molecule has 1 aromatic carbocycles. The van der Waals surface area contributed by atoms with Crippen LogP contribution in [0.1, 0.15) is 28.8 Å². The van der Waals surface area contributed by atoms with E-state index in [1.807, 2.05) is 25.1 Å². The predicted octanol–water partition coefficient (Wildman–Crippen LogP) is 2.34. The number of hydrogen-bond donors (Lipinski definition) is 1. The molecule has 0 amide bonds. The lowest BCUT2D eigenvalue weighted by atomic mass is 9.63. The van der Waals surface area contributed by atoms with Crippen molar-refractivity contribution in [2.24, 2.45) is 5.41 Å². The van der Waals surface area contributed by atoms with Crippen LogP contribution in [0.25, 0.3) is 0 Å². The van der Waals surface area contributed by atoms with Gasteiger partial charge in [0.05, 0.1) is 11.1 Å². The van der Waals surface area contributed by atoms with Gasteiger partial charge in [0.1, 0.15) is 5.75 Å². The topological polar surface area (TPSA) is 41.6 Å². The first-order chi connectivity index (χ1) is 10.0. The SMILES string of the molecule is CN(C)Cc1c(OC2CC3(CNC3)C2)ccc(Cl)c1C=O. The molecule has 0 aromatic heterocycles. The number of carbonyl (C=O) groups is 1. The Kier molecular flexibility index (Phi) is 3.95. The number of hydrogen-bond acceptors (Lipinski definition) is 4. The van der Waals surface area contributed by atoms with Crippen LogP contribution in [0.2, 0.25) is 5.02 Å². The van der Waals surface area contributed by atoms with E-state index in [0.29, 0.717) is 22.5 Å². The van der Waals surface area contributed by atoms with E-state index in [2.05, 4.69) is 5.32 Å². The van der Waals surface area contributed by atoms with Crippen molar-refractivity contribution in [3.8, 4) is 5.75 Å². The van der Waals surface area contributed by atoms with E-state index in [4.69, 9.17) is 16.3 Å². The Labute approximate surface area is 130 Å². The number of rotatable bonds is 5. The van der Waals surface area contributed by atoms with Gasteiger partial charge >= 0.3 is 0 Å². The molecule has 0 unspecified atom stereocenters. The molecule has 1 aromatic rings. The highest BCUT2D eigenvalue weighted by molar-refractivity contribution is 6.33. The second kappa shape index (κ2) is 5.59. The van der Waals surface area contributed by atoms with Gasteiger partial charge in [0.2, 0.25) is 0 Å². The average Bonchev–Trinajstić information content (AvgIpc) is 2.33. The van der Waals surface area contributed by atoms with Crippen LogP contribution in [0, 0.1) is 5.41 Å². The minimum atomic E-state index is 0.258. The lowest BCUT2D eigenvalue weighted by Gasteiger charge is -2.53. The minimum Gasteiger partial charge on any atom is -0.490 e. The zero-order chi connectivity index (χ0) is 15.0. The van der Waals surface area contributed by atoms with E-state index in [-0.39, 0.29) is 6.10 Å². The Morgan fingerprint density at radius 2 is 2.14 bits per heavy atom. The molecule has 1 N–H and O–H groups in total. The molecule has 1 spiro atoms. The van der Waals surface area contributed by atoms with Gasteiger partial charge in [-0.2, -0.15) is 0 Å². The molecule has 21 heavy (non-hydrogen) atoms. The van der Waals surface area contributed by atoms with E-state index >= 15 is 0 Å². The molecule has 114 valence electrons. The van der Waals surface area contributed by atoms with Crippen molar-refractivity contribution in [2.75, 3.05) is 27.2 Å². The summed E-state index contributed by atoms with van der Waals surface area (Å²) in [5, 5.41) is 3.81. The number of carbonyl (C=O) groups excluding carboxylic acids is 1. The van der Waals surface area contributed by atoms with Crippen LogP contribution in [-0.4, -0.2) is 44.5 Å². The maximum absolute atomic E-state index is 11.3. The second-order valence-corrected chi connectivity index (χ2v) is 6.95. The van der Waals surface area contributed by atoms with Gasteiger partial charge in [-0.1, -0.05) is 11.6 Å². The van der Waals surface area contributed by atoms with Crippen LogP contribution in [0.5, 0.6) is 5.75 Å². The van der Waals surface area contributed by atoms with E-state index in [1.54, 1.807) is 6.07 Å². The number of aldehydes is 1. The molecule has 0 atom stereocenters. The molecule has 1 aliphatic carbocycles. The third kappa shape index (κ3) is 2.80. The van der Waals surface area contributed by atoms with E-state index in [1.165, 1.54) is 0 Å². The smallest absolute Gasteiger partial charge is 0.152 e. The summed E-state index contributed by atoms with van der Waals surface area (Å²) in [7, 11) is 3.94. The fourth-order valence-corrected chi connectivity index (χ4v) is 3.49. The number of nitrogens with one attached hydrogen (secondary N) is 1. The monoisotopic (exact) mass is 308 g/mol. The Morgan fingerprint density at radius 3 is 2.67 bits per heavy atom. The van der Waals surface area contributed by atoms with Crippen molar-refractivity contribution in [1.29, 1.82) is 0 Å². The van der Waals surface area contributed by atoms with Crippen LogP contribution in [0.15, 0.2) is 12.1 Å². The zero-order valence-electron chi connectivity index (χ0n) is 12.5. The van der Waals surface area contributed by atoms with Gasteiger partial charge < -0.3 is 15.0 Å². The minimum absolute atomic E-state index is 0.258. The number of benzene rings is 1. The molecule has 4 nitrogen and oxygen atoms in total. The van der Waals surface area contributed by atoms with E-state index in [0.717, 1.165) is 43.5 Å². The molecule has 1 saturated heterocycles. The summed E-state index contributed by atoms with van der Waals surface area (Å²) in [5.74, 6) is 0.794. The average molecular weight is 309 g/mol. The molecule has 1 heterocycles. The largest absolute Gasteiger partial charge is 0.490 e. The standard InChI is InChI=1S/C16H21ClN2O2/c1-19(2)7-12-13(8-20)14(17)3-4-15(12)21-11-5-16(6-11)9-18-10-16/h3-4,8,11,18H,5-7,9-10H2,1-2H3. The Balaban J connectivity index is 1.78. The molecule has 1 aliphatic heterocycles. The zero-order valence-corrected chi connectivity index (χ0v) is 13.2. The Bertz CT molecular complexity index is 547. The molecule has 2 fully saturated rings. The van der Waals surface area contributed by atoms with Crippen molar-refractivity contribution >= 4 is 17.9 Å². The quantitative estimate of drug-likeness (QED) is 0.848. The Hall–Kier alpha value is -1.10. The van der Waals surface area contributed by atoms with Gasteiger partial charge in [-0.25, -0.2) is 0 Å². The van der Waals surface area contributed by atoms with E-state index < -0.39 is 0 Å². The first kappa shape index (κ1) is 14.8. The Morgan fingerprint density at radius 1 is 1.43 bits per heavy atom. The van der Waals surface area contributed by atoms with Crippen LogP contribution in [-0.2, 0) is 6.54 Å². The van der Waals surface area contributed by atoms with Gasteiger partial charge in [0, 0.05) is 36.2 Å². The number of halogens is 1. The molecule has 0 radical (unpaired) electrons. The van der Waals surface area contributed by atoms with Crippen molar-refractivity contribution in [1.82, 2.24) is 10.2 Å². The van der Waals surface area contributed by atoms with Crippen molar-refractivity contribution in [3.05, 3.63) is 28.3 Å². The van der Waals surface area contributed by atoms with Crippen LogP contribution in [0.4, 0.5) is 0 Å². The van der Waals surface area contributed by atoms with Gasteiger partial charge in [-0.05, 0) is 39.1 Å². The third-order valence-corrected chi connectivity index (χ3v) is 4.80. The summed E-state index contributed by atoms with van der Waals surface area (Å²) in [4.78, 5) is 13.4. The highest BCUT2D eigenvalue weighted by Gasteiger charge is 2.49. The van der Waals surface area contributed by atoms with Crippen molar-refractivity contribution in [3.63, 3.8) is 0 Å². The summed E-state index contributed by atoms with van der Waals surface area (Å²) < 4.78 is 6.14. The maximum atomic E-state index is 11.3. The van der Waals surface area contributed by atoms with Crippen molar-refractivity contribution in [2.45, 2.75) is 25.5 Å². The molecule has 2 aliphatic rings. The molecular weight excluding hydrogens is 288 g/mol. The molecule has 0 bridgehead atoms. The number of nitrogens with zero attached hydrogens (tertiary/aromatic N) is 1. The first-order valence-corrected chi connectivity index (χ1v) is 7.69. The molecule has 1 saturated carbocycles. The van der Waals surface area contributed by atoms with Gasteiger partial charge in [-0.15, -0.1) is 0 Å². The fraction of sp³-hybridized carbons (Fsp3) is 0.562. The van der Waals surface area contributed by atoms with E-state index in [9.17, 15) is 4.79 Å². The van der Waals surface area contributed by atoms with Crippen LogP contribution >= 0.6 is 11.6 Å². The normalized spacial score (nSPS) is 20.2. The van der Waals surface area contributed by atoms with Gasteiger partial charge in [0.15, 0.2) is 6.29 Å². The second-order valence-electron chi connectivity index (χ2n) is 6.55. The lowest BCUT2D eigenvalue weighted by molar-refractivity contribution is -0.0500. The van der Waals surface area contributed by atoms with Gasteiger partial charge in [-0.3, -0.25) is 4.79 Å². The number of ether oxygens (including phenoxy) is 1. The van der Waals surface area contributed by atoms with Gasteiger partial charge in [0.25, 0.3) is 0 Å². The summed E-state index contributed by atoms with van der Waals surface area (Å²) in [6, 6.07) is 3.64. The fourth-order valence-electron chi connectivity index (χ4n) is 3.27. The van der Waals surface area contributed by atoms with Crippen molar-refractivity contribution < 1.29 is 9.53 Å². The molecule has 5 heteroatoms. The highest BCUT2D eigenvalue weighted by atomic mass is 35.5.